The number of amides is 1. The number of halogens is 5. The number of anilines is 1. The van der Waals surface area contributed by atoms with Gasteiger partial charge in [0, 0.05) is 0 Å². The standard InChI is InChI=1S/C21H18F5N3O3/c1-9-20(27-21(30)14-12(31-3)6-5-7-13(14)32-4)10(2)29(28-9)8-11-15(22)17(24)19(26)18(25)16(11)23/h5-7H,8H2,1-4H3,(H,27,30). The van der Waals surface area contributed by atoms with Crippen molar-refractivity contribution < 1.29 is 36.2 Å². The normalized spacial score (nSPS) is 10.9. The predicted molar refractivity (Wildman–Crippen MR) is 105 cm³/mol. The molecule has 3 rings (SSSR count). The first kappa shape index (κ1) is 23.0. The van der Waals surface area contributed by atoms with Crippen molar-refractivity contribution in [3.63, 3.8) is 0 Å². The van der Waals surface area contributed by atoms with E-state index in [1.54, 1.807) is 18.2 Å². The minimum atomic E-state index is -2.24. The lowest BCUT2D eigenvalue weighted by Gasteiger charge is -2.13. The smallest absolute Gasteiger partial charge is 0.263 e. The van der Waals surface area contributed by atoms with E-state index in [-0.39, 0.29) is 34.1 Å². The Bertz CT molecular complexity index is 1160. The summed E-state index contributed by atoms with van der Waals surface area (Å²) in [5.74, 6) is -10.3. The van der Waals surface area contributed by atoms with E-state index in [0.29, 0.717) is 0 Å². The van der Waals surface area contributed by atoms with Gasteiger partial charge in [0.05, 0.1) is 43.4 Å². The van der Waals surface area contributed by atoms with Crippen LogP contribution in [0, 0.1) is 42.9 Å². The molecule has 0 aliphatic carbocycles. The predicted octanol–water partition coefficient (Wildman–Crippen LogP) is 4.51. The first-order valence-corrected chi connectivity index (χ1v) is 9.18. The third-order valence-corrected chi connectivity index (χ3v) is 4.88. The van der Waals surface area contributed by atoms with Gasteiger partial charge in [-0.1, -0.05) is 6.07 Å². The summed E-state index contributed by atoms with van der Waals surface area (Å²) in [4.78, 5) is 12.9. The molecule has 1 heterocycles. The first-order valence-electron chi connectivity index (χ1n) is 9.18. The average molecular weight is 455 g/mol. The van der Waals surface area contributed by atoms with Crippen LogP contribution in [0.4, 0.5) is 27.6 Å². The zero-order chi connectivity index (χ0) is 23.7. The van der Waals surface area contributed by atoms with Crippen molar-refractivity contribution in [1.29, 1.82) is 0 Å². The maximum absolute atomic E-state index is 14.1. The van der Waals surface area contributed by atoms with Gasteiger partial charge in [-0.15, -0.1) is 0 Å². The number of ether oxygens (including phenoxy) is 2. The maximum Gasteiger partial charge on any atom is 0.263 e. The molecule has 1 aromatic heterocycles. The fourth-order valence-electron chi connectivity index (χ4n) is 3.22. The highest BCUT2D eigenvalue weighted by Gasteiger charge is 2.27. The minimum absolute atomic E-state index is 0.101. The molecule has 3 aromatic rings. The molecule has 2 aromatic carbocycles. The molecule has 0 saturated carbocycles. The van der Waals surface area contributed by atoms with E-state index in [9.17, 15) is 26.7 Å². The van der Waals surface area contributed by atoms with Crippen LogP contribution in [0.15, 0.2) is 18.2 Å². The number of carbonyl (C=O) groups excluding carboxylic acids is 1. The van der Waals surface area contributed by atoms with Gasteiger partial charge in [-0.05, 0) is 26.0 Å². The Hall–Kier alpha value is -3.63. The van der Waals surface area contributed by atoms with Gasteiger partial charge in [0.15, 0.2) is 23.3 Å². The summed E-state index contributed by atoms with van der Waals surface area (Å²) < 4.78 is 79.9. The quantitative estimate of drug-likeness (QED) is 0.338. The number of aryl methyl sites for hydroxylation is 1. The molecule has 32 heavy (non-hydrogen) atoms. The van der Waals surface area contributed by atoms with E-state index in [1.165, 1.54) is 28.1 Å². The number of aromatic nitrogens is 2. The molecular formula is C21H18F5N3O3. The summed E-state index contributed by atoms with van der Waals surface area (Å²) in [5.41, 5.74) is -0.255. The van der Waals surface area contributed by atoms with Crippen LogP contribution < -0.4 is 14.8 Å². The molecule has 0 spiro atoms. The third-order valence-electron chi connectivity index (χ3n) is 4.88. The summed E-state index contributed by atoms with van der Waals surface area (Å²) >= 11 is 0. The zero-order valence-electron chi connectivity index (χ0n) is 17.4. The van der Waals surface area contributed by atoms with Gasteiger partial charge in [-0.3, -0.25) is 9.48 Å². The van der Waals surface area contributed by atoms with Crippen LogP contribution in [0.2, 0.25) is 0 Å². The lowest BCUT2D eigenvalue weighted by Crippen LogP contribution is -2.16. The molecule has 1 N–H and O–H groups in total. The highest BCUT2D eigenvalue weighted by molar-refractivity contribution is 6.08. The second-order valence-electron chi connectivity index (χ2n) is 6.74. The molecule has 0 aliphatic rings. The number of nitrogens with one attached hydrogen (secondary N) is 1. The SMILES string of the molecule is COc1cccc(OC)c1C(=O)Nc1c(C)nn(Cc2c(F)c(F)c(F)c(F)c2F)c1C. The molecule has 11 heteroatoms. The van der Waals surface area contributed by atoms with Crippen molar-refractivity contribution in [2.45, 2.75) is 20.4 Å². The Balaban J connectivity index is 1.98. The van der Waals surface area contributed by atoms with Crippen LogP contribution in [0.5, 0.6) is 11.5 Å². The number of rotatable bonds is 6. The minimum Gasteiger partial charge on any atom is -0.496 e. The lowest BCUT2D eigenvalue weighted by atomic mass is 10.1. The second kappa shape index (κ2) is 8.85. The van der Waals surface area contributed by atoms with Crippen molar-refractivity contribution in [1.82, 2.24) is 9.78 Å². The fourth-order valence-corrected chi connectivity index (χ4v) is 3.22. The lowest BCUT2D eigenvalue weighted by molar-refractivity contribution is 0.102. The van der Waals surface area contributed by atoms with Gasteiger partial charge in [-0.25, -0.2) is 22.0 Å². The molecule has 0 unspecified atom stereocenters. The summed E-state index contributed by atoms with van der Waals surface area (Å²) in [6.07, 6.45) is 0. The zero-order valence-corrected chi connectivity index (χ0v) is 17.4. The third kappa shape index (κ3) is 3.85. The molecule has 0 saturated heterocycles. The Labute approximate surface area is 179 Å². The number of benzene rings is 2. The van der Waals surface area contributed by atoms with E-state index in [4.69, 9.17) is 9.47 Å². The number of methoxy groups -OCH3 is 2. The Morgan fingerprint density at radius 3 is 1.94 bits per heavy atom. The Morgan fingerprint density at radius 2 is 1.44 bits per heavy atom. The summed E-state index contributed by atoms with van der Waals surface area (Å²) in [7, 11) is 2.76. The van der Waals surface area contributed by atoms with Crippen molar-refractivity contribution in [2.24, 2.45) is 0 Å². The van der Waals surface area contributed by atoms with E-state index < -0.39 is 47.1 Å². The van der Waals surface area contributed by atoms with Crippen molar-refractivity contribution in [3.05, 3.63) is 69.8 Å². The molecule has 0 atom stereocenters. The van der Waals surface area contributed by atoms with Gasteiger partial charge in [0.2, 0.25) is 5.82 Å². The van der Waals surface area contributed by atoms with Crippen molar-refractivity contribution >= 4 is 11.6 Å². The first-order chi connectivity index (χ1) is 15.1. The molecule has 0 fully saturated rings. The number of nitrogens with zero attached hydrogens (tertiary/aromatic N) is 2. The monoisotopic (exact) mass is 455 g/mol. The van der Waals surface area contributed by atoms with Gasteiger partial charge in [0.1, 0.15) is 17.1 Å². The van der Waals surface area contributed by atoms with Crippen LogP contribution >= 0.6 is 0 Å². The molecule has 0 radical (unpaired) electrons. The van der Waals surface area contributed by atoms with E-state index in [1.807, 2.05) is 0 Å². The molecule has 170 valence electrons. The second-order valence-corrected chi connectivity index (χ2v) is 6.74. The van der Waals surface area contributed by atoms with Gasteiger partial charge in [0.25, 0.3) is 5.91 Å². The van der Waals surface area contributed by atoms with Crippen LogP contribution in [0.25, 0.3) is 0 Å². The summed E-state index contributed by atoms with van der Waals surface area (Å²) in [5, 5.41) is 6.70. The highest BCUT2D eigenvalue weighted by atomic mass is 19.2. The summed E-state index contributed by atoms with van der Waals surface area (Å²) in [6, 6.07) is 4.75. The van der Waals surface area contributed by atoms with Gasteiger partial charge < -0.3 is 14.8 Å². The van der Waals surface area contributed by atoms with Crippen molar-refractivity contribution in [3.8, 4) is 11.5 Å². The average Bonchev–Trinajstić information content (AvgIpc) is 3.05. The van der Waals surface area contributed by atoms with E-state index in [0.717, 1.165) is 4.68 Å². The number of hydrogen-bond acceptors (Lipinski definition) is 4. The molecule has 0 aliphatic heterocycles. The maximum atomic E-state index is 14.1. The molecule has 0 bridgehead atoms. The topological polar surface area (TPSA) is 65.4 Å². The Kier molecular flexibility index (Phi) is 6.37. The van der Waals surface area contributed by atoms with E-state index >= 15 is 0 Å². The number of carbonyl (C=O) groups is 1. The van der Waals surface area contributed by atoms with E-state index in [2.05, 4.69) is 10.4 Å². The molecular weight excluding hydrogens is 437 g/mol. The van der Waals surface area contributed by atoms with Crippen LogP contribution in [-0.4, -0.2) is 29.9 Å². The summed E-state index contributed by atoms with van der Waals surface area (Å²) in [6.45, 7) is 2.24. The van der Waals surface area contributed by atoms with Gasteiger partial charge in [-0.2, -0.15) is 5.10 Å². The molecule has 1 amide bonds. The Morgan fingerprint density at radius 1 is 0.938 bits per heavy atom. The largest absolute Gasteiger partial charge is 0.496 e. The highest BCUT2D eigenvalue weighted by Crippen LogP contribution is 2.31. The van der Waals surface area contributed by atoms with Crippen LogP contribution in [-0.2, 0) is 6.54 Å². The van der Waals surface area contributed by atoms with Gasteiger partial charge >= 0.3 is 0 Å². The number of hydrogen-bond donors (Lipinski definition) is 1. The van der Waals surface area contributed by atoms with Crippen LogP contribution in [0.1, 0.15) is 27.3 Å². The molecule has 6 nitrogen and oxygen atoms in total. The van der Waals surface area contributed by atoms with Crippen LogP contribution in [0.3, 0.4) is 0 Å². The van der Waals surface area contributed by atoms with Crippen molar-refractivity contribution in [2.75, 3.05) is 19.5 Å². The fraction of sp³-hybridized carbons (Fsp3) is 0.238.